The molecule has 0 aromatic carbocycles. The maximum absolute atomic E-state index is 12.2. The first-order chi connectivity index (χ1) is 11.1. The minimum absolute atomic E-state index is 0.0658. The maximum atomic E-state index is 12.2. The summed E-state index contributed by atoms with van der Waals surface area (Å²) in [5.41, 5.74) is 2.41. The fourth-order valence-electron chi connectivity index (χ4n) is 2.89. The van der Waals surface area contributed by atoms with Gasteiger partial charge >= 0.3 is 0 Å². The molecule has 1 unspecified atom stereocenters. The first-order valence-electron chi connectivity index (χ1n) is 7.81. The number of nitrogens with one attached hydrogen (secondary N) is 1. The van der Waals surface area contributed by atoms with Crippen LogP contribution in [0.2, 0.25) is 0 Å². The standard InChI is InChI=1S/C15H24N2O5S2/c1-11-8-12(2)17-15(22-3)14(11)9-16-24(20,21)7-5-13-4-6-23(18,19)10-13/h8,13,16H,4-7,9-10H2,1-3H3. The first-order valence-corrected chi connectivity index (χ1v) is 11.3. The van der Waals surface area contributed by atoms with Gasteiger partial charge in [0.15, 0.2) is 9.84 Å². The van der Waals surface area contributed by atoms with Gasteiger partial charge < -0.3 is 4.74 Å². The second-order valence-electron chi connectivity index (χ2n) is 6.27. The van der Waals surface area contributed by atoms with Crippen LogP contribution >= 0.6 is 0 Å². The summed E-state index contributed by atoms with van der Waals surface area (Å²) in [4.78, 5) is 4.25. The van der Waals surface area contributed by atoms with Crippen LogP contribution in [0.15, 0.2) is 6.07 Å². The van der Waals surface area contributed by atoms with Crippen LogP contribution in [0.1, 0.15) is 29.7 Å². The van der Waals surface area contributed by atoms with Crippen molar-refractivity contribution in [3.05, 3.63) is 22.9 Å². The predicted octanol–water partition coefficient (Wildman–Crippen LogP) is 0.951. The highest BCUT2D eigenvalue weighted by Crippen LogP contribution is 2.23. The molecule has 7 nitrogen and oxygen atoms in total. The van der Waals surface area contributed by atoms with Crippen LogP contribution in [0.5, 0.6) is 5.88 Å². The maximum Gasteiger partial charge on any atom is 0.218 e. The van der Waals surface area contributed by atoms with Gasteiger partial charge in [0.2, 0.25) is 15.9 Å². The molecule has 0 radical (unpaired) electrons. The monoisotopic (exact) mass is 376 g/mol. The largest absolute Gasteiger partial charge is 0.481 e. The zero-order valence-electron chi connectivity index (χ0n) is 14.2. The average Bonchev–Trinajstić information content (AvgIpc) is 2.83. The van der Waals surface area contributed by atoms with Crippen molar-refractivity contribution >= 4 is 19.9 Å². The van der Waals surface area contributed by atoms with Gasteiger partial charge in [-0.2, -0.15) is 0 Å². The Bertz CT molecular complexity index is 803. The lowest BCUT2D eigenvalue weighted by atomic mass is 10.1. The van der Waals surface area contributed by atoms with Crippen molar-refractivity contribution in [1.82, 2.24) is 9.71 Å². The summed E-state index contributed by atoms with van der Waals surface area (Å²) in [6.07, 6.45) is 0.906. The molecule has 0 spiro atoms. The molecular formula is C15H24N2O5S2. The van der Waals surface area contributed by atoms with Gasteiger partial charge in [-0.05, 0) is 44.2 Å². The van der Waals surface area contributed by atoms with E-state index < -0.39 is 19.9 Å². The molecule has 9 heteroatoms. The summed E-state index contributed by atoms with van der Waals surface area (Å²) in [5.74, 6) is 0.530. The smallest absolute Gasteiger partial charge is 0.218 e. The van der Waals surface area contributed by atoms with Gasteiger partial charge in [-0.3, -0.25) is 0 Å². The normalized spacial score (nSPS) is 20.2. The summed E-state index contributed by atoms with van der Waals surface area (Å²) in [7, 11) is -4.96. The van der Waals surface area contributed by atoms with Crippen molar-refractivity contribution in [3.8, 4) is 5.88 Å². The SMILES string of the molecule is COc1nc(C)cc(C)c1CNS(=O)(=O)CCC1CCS(=O)(=O)C1. The van der Waals surface area contributed by atoms with Gasteiger partial charge in [0, 0.05) is 17.8 Å². The van der Waals surface area contributed by atoms with E-state index in [2.05, 4.69) is 9.71 Å². The average molecular weight is 377 g/mol. The highest BCUT2D eigenvalue weighted by Gasteiger charge is 2.28. The topological polar surface area (TPSA) is 102 Å². The Balaban J connectivity index is 1.96. The number of rotatable bonds is 7. The van der Waals surface area contributed by atoms with Gasteiger partial charge in [-0.15, -0.1) is 0 Å². The number of ether oxygens (including phenoxy) is 1. The number of hydrogen-bond donors (Lipinski definition) is 1. The summed E-state index contributed by atoms with van der Waals surface area (Å²) in [6.45, 7) is 3.83. The highest BCUT2D eigenvalue weighted by molar-refractivity contribution is 7.91. The Morgan fingerprint density at radius 3 is 2.67 bits per heavy atom. The van der Waals surface area contributed by atoms with Crippen LogP contribution in [0, 0.1) is 19.8 Å². The van der Waals surface area contributed by atoms with E-state index in [0.717, 1.165) is 11.3 Å². The van der Waals surface area contributed by atoms with Gasteiger partial charge in [-0.1, -0.05) is 0 Å². The van der Waals surface area contributed by atoms with Crippen molar-refractivity contribution in [2.24, 2.45) is 5.92 Å². The number of sulfone groups is 1. The molecule has 1 aliphatic heterocycles. The fraction of sp³-hybridized carbons (Fsp3) is 0.667. The quantitative estimate of drug-likeness (QED) is 0.760. The van der Waals surface area contributed by atoms with Gasteiger partial charge in [-0.25, -0.2) is 26.5 Å². The van der Waals surface area contributed by atoms with E-state index in [9.17, 15) is 16.8 Å². The van der Waals surface area contributed by atoms with E-state index in [4.69, 9.17) is 4.74 Å². The highest BCUT2D eigenvalue weighted by atomic mass is 32.2. The number of methoxy groups -OCH3 is 1. The molecule has 24 heavy (non-hydrogen) atoms. The fourth-order valence-corrected chi connectivity index (χ4v) is 5.95. The van der Waals surface area contributed by atoms with Crippen LogP contribution in [0.25, 0.3) is 0 Å². The molecule has 0 amide bonds. The van der Waals surface area contributed by atoms with Crippen molar-refractivity contribution in [3.63, 3.8) is 0 Å². The molecule has 1 atom stereocenters. The number of hydrogen-bond acceptors (Lipinski definition) is 6. The molecular weight excluding hydrogens is 352 g/mol. The summed E-state index contributed by atoms with van der Waals surface area (Å²) < 4.78 is 55.0. The Hall–Kier alpha value is -1.19. The van der Waals surface area contributed by atoms with Crippen LogP contribution in [0.4, 0.5) is 0 Å². The van der Waals surface area contributed by atoms with Crippen LogP contribution < -0.4 is 9.46 Å². The van der Waals surface area contributed by atoms with E-state index in [1.165, 1.54) is 7.11 Å². The number of aryl methyl sites for hydroxylation is 2. The Kier molecular flexibility index (Phi) is 5.87. The second-order valence-corrected chi connectivity index (χ2v) is 10.4. The molecule has 1 aromatic heterocycles. The Labute approximate surface area is 143 Å². The number of sulfonamides is 1. The lowest BCUT2D eigenvalue weighted by Gasteiger charge is -2.14. The third-order valence-electron chi connectivity index (χ3n) is 4.22. The molecule has 0 aliphatic carbocycles. The Morgan fingerprint density at radius 2 is 2.08 bits per heavy atom. The van der Waals surface area contributed by atoms with Gasteiger partial charge in [0.05, 0.1) is 24.4 Å². The molecule has 2 heterocycles. The van der Waals surface area contributed by atoms with Crippen LogP contribution in [-0.4, -0.2) is 46.2 Å². The lowest BCUT2D eigenvalue weighted by Crippen LogP contribution is -2.28. The molecule has 1 saturated heterocycles. The van der Waals surface area contributed by atoms with E-state index >= 15 is 0 Å². The van der Waals surface area contributed by atoms with Gasteiger partial charge in [0.1, 0.15) is 0 Å². The van der Waals surface area contributed by atoms with E-state index in [-0.39, 0.29) is 29.7 Å². The molecule has 1 N–H and O–H groups in total. The molecule has 1 aromatic rings. The third kappa shape index (κ3) is 5.15. The van der Waals surface area contributed by atoms with Crippen LogP contribution in [0.3, 0.4) is 0 Å². The zero-order valence-corrected chi connectivity index (χ0v) is 15.8. The minimum atomic E-state index is -3.48. The lowest BCUT2D eigenvalue weighted by molar-refractivity contribution is 0.390. The summed E-state index contributed by atoms with van der Waals surface area (Å²) in [6, 6.07) is 1.87. The number of pyridine rings is 1. The molecule has 0 bridgehead atoms. The second kappa shape index (κ2) is 7.37. The van der Waals surface area contributed by atoms with Crippen molar-refractivity contribution in [2.45, 2.75) is 33.2 Å². The van der Waals surface area contributed by atoms with Crippen molar-refractivity contribution in [2.75, 3.05) is 24.4 Å². The van der Waals surface area contributed by atoms with E-state index in [1.54, 1.807) is 0 Å². The third-order valence-corrected chi connectivity index (χ3v) is 7.42. The number of nitrogens with zero attached hydrogens (tertiary/aromatic N) is 1. The molecule has 0 saturated carbocycles. The van der Waals surface area contributed by atoms with E-state index in [1.807, 2.05) is 19.9 Å². The molecule has 136 valence electrons. The summed E-state index contributed by atoms with van der Waals surface area (Å²) >= 11 is 0. The summed E-state index contributed by atoms with van der Waals surface area (Å²) in [5, 5.41) is 0. The Morgan fingerprint density at radius 1 is 1.38 bits per heavy atom. The molecule has 1 fully saturated rings. The van der Waals surface area contributed by atoms with Crippen molar-refractivity contribution in [1.29, 1.82) is 0 Å². The van der Waals surface area contributed by atoms with Crippen molar-refractivity contribution < 1.29 is 21.6 Å². The predicted molar refractivity (Wildman–Crippen MR) is 92.3 cm³/mol. The van der Waals surface area contributed by atoms with Crippen LogP contribution in [-0.2, 0) is 26.4 Å². The van der Waals surface area contributed by atoms with E-state index in [0.29, 0.717) is 24.3 Å². The first kappa shape index (κ1) is 19.1. The zero-order chi connectivity index (χ0) is 18.0. The molecule has 2 rings (SSSR count). The minimum Gasteiger partial charge on any atom is -0.481 e. The number of aromatic nitrogens is 1. The van der Waals surface area contributed by atoms with Gasteiger partial charge in [0.25, 0.3) is 0 Å². The molecule has 1 aliphatic rings.